The molecular weight excluding hydrogens is 468 g/mol. The van der Waals surface area contributed by atoms with Gasteiger partial charge in [0.15, 0.2) is 11.7 Å². The Bertz CT molecular complexity index is 1040. The van der Waals surface area contributed by atoms with Gasteiger partial charge in [-0.3, -0.25) is 9.59 Å². The van der Waals surface area contributed by atoms with E-state index < -0.39 is 65.2 Å². The minimum atomic E-state index is -1.33. The Hall–Kier alpha value is -2.78. The van der Waals surface area contributed by atoms with E-state index in [1.165, 1.54) is 6.92 Å². The number of rotatable bonds is 9. The fourth-order valence-corrected chi connectivity index (χ4v) is 4.48. The molecule has 0 radical (unpaired) electrons. The first-order valence-corrected chi connectivity index (χ1v) is 12.1. The number of carbonyl (C=O) groups is 4. The van der Waals surface area contributed by atoms with Crippen LogP contribution in [0.3, 0.4) is 0 Å². The first kappa shape index (κ1) is 27.8. The molecule has 0 spiro atoms. The largest absolute Gasteiger partial charge is 0.455 e. The van der Waals surface area contributed by atoms with Crippen molar-refractivity contribution in [3.63, 3.8) is 0 Å². The third-order valence-electron chi connectivity index (χ3n) is 7.31. The Morgan fingerprint density at radius 1 is 1.00 bits per heavy atom. The van der Waals surface area contributed by atoms with Crippen LogP contribution in [0.1, 0.15) is 61.8 Å². The lowest BCUT2D eigenvalue weighted by atomic mass is 9.72. The summed E-state index contributed by atoms with van der Waals surface area (Å²) >= 11 is 0. The fourth-order valence-electron chi connectivity index (χ4n) is 4.48. The number of fused-ring (bicyclic) bond motifs is 1. The Morgan fingerprint density at radius 2 is 1.56 bits per heavy atom. The van der Waals surface area contributed by atoms with Gasteiger partial charge < -0.3 is 23.7 Å². The summed E-state index contributed by atoms with van der Waals surface area (Å²) in [6.45, 7) is 17.4. The van der Waals surface area contributed by atoms with Crippen LogP contribution in [0.15, 0.2) is 35.5 Å². The van der Waals surface area contributed by atoms with Gasteiger partial charge in [0.2, 0.25) is 5.78 Å². The highest BCUT2D eigenvalue weighted by Crippen LogP contribution is 2.52. The summed E-state index contributed by atoms with van der Waals surface area (Å²) in [6, 6.07) is 0. The van der Waals surface area contributed by atoms with Crippen LogP contribution in [0.5, 0.6) is 0 Å². The smallest absolute Gasteiger partial charge is 0.333 e. The maximum Gasteiger partial charge on any atom is 0.333 e. The molecule has 0 bridgehead atoms. The molecule has 0 aromatic rings. The predicted molar refractivity (Wildman–Crippen MR) is 129 cm³/mol. The molecular formula is C27H36O9. The van der Waals surface area contributed by atoms with Gasteiger partial charge in [0.1, 0.15) is 18.3 Å². The molecule has 0 aromatic heterocycles. The van der Waals surface area contributed by atoms with Gasteiger partial charge in [0.05, 0.1) is 17.6 Å². The summed E-state index contributed by atoms with van der Waals surface area (Å²) in [5, 5.41) is 0. The van der Waals surface area contributed by atoms with Crippen LogP contribution in [0, 0.1) is 5.92 Å². The van der Waals surface area contributed by atoms with Crippen molar-refractivity contribution in [2.45, 2.75) is 104 Å². The molecule has 0 amide bonds. The third kappa shape index (κ3) is 5.32. The molecule has 3 aliphatic rings. The van der Waals surface area contributed by atoms with Crippen molar-refractivity contribution >= 4 is 23.7 Å². The summed E-state index contributed by atoms with van der Waals surface area (Å²) in [6.07, 6.45) is -0.713. The summed E-state index contributed by atoms with van der Waals surface area (Å²) in [5.74, 6) is -3.30. The average Bonchev–Trinajstić information content (AvgIpc) is 3.68. The number of ketones is 1. The second-order valence-corrected chi connectivity index (χ2v) is 10.3. The van der Waals surface area contributed by atoms with E-state index in [-0.39, 0.29) is 18.1 Å². The zero-order valence-corrected chi connectivity index (χ0v) is 22.2. The molecule has 0 aromatic carbocycles. The lowest BCUT2D eigenvalue weighted by Gasteiger charge is -2.38. The number of epoxide rings is 2. The van der Waals surface area contributed by atoms with Crippen LogP contribution in [-0.4, -0.2) is 65.4 Å². The first-order chi connectivity index (χ1) is 16.7. The predicted octanol–water partition coefficient (Wildman–Crippen LogP) is 3.15. The van der Waals surface area contributed by atoms with Crippen LogP contribution in [-0.2, 0) is 42.9 Å². The van der Waals surface area contributed by atoms with E-state index in [1.54, 1.807) is 46.8 Å². The molecule has 2 heterocycles. The van der Waals surface area contributed by atoms with Crippen molar-refractivity contribution in [1.82, 2.24) is 0 Å². The number of allylic oxidation sites excluding steroid dienone is 2. The Morgan fingerprint density at radius 3 is 2.06 bits per heavy atom. The van der Waals surface area contributed by atoms with E-state index in [1.807, 2.05) is 13.8 Å². The second-order valence-electron chi connectivity index (χ2n) is 10.3. The minimum absolute atomic E-state index is 0.224. The summed E-state index contributed by atoms with van der Waals surface area (Å²) in [5.41, 5.74) is -0.634. The SMILES string of the molecule is C=C(C(CC1OC1(C)C)OC(=O)/C(C)=C/C)[C@@H]1[C@H](OC(=O)/C(C)=C/C)[C@@H]2O[C@]2(C)C(=O)[C@H]1OC(C)=O. The molecule has 2 unspecified atom stereocenters. The van der Waals surface area contributed by atoms with Crippen molar-refractivity contribution in [1.29, 1.82) is 0 Å². The average molecular weight is 505 g/mol. The summed E-state index contributed by atoms with van der Waals surface area (Å²) in [4.78, 5) is 50.9. The van der Waals surface area contributed by atoms with Crippen LogP contribution in [0.4, 0.5) is 0 Å². The van der Waals surface area contributed by atoms with Gasteiger partial charge >= 0.3 is 17.9 Å². The molecule has 1 saturated carbocycles. The quantitative estimate of drug-likeness (QED) is 0.153. The highest BCUT2D eigenvalue weighted by atomic mass is 16.7. The van der Waals surface area contributed by atoms with E-state index >= 15 is 0 Å². The Labute approximate surface area is 211 Å². The molecule has 7 atom stereocenters. The van der Waals surface area contributed by atoms with Crippen molar-refractivity contribution in [3.8, 4) is 0 Å². The monoisotopic (exact) mass is 504 g/mol. The lowest BCUT2D eigenvalue weighted by molar-refractivity contribution is -0.168. The van der Waals surface area contributed by atoms with Crippen molar-refractivity contribution in [2.24, 2.45) is 5.92 Å². The van der Waals surface area contributed by atoms with Crippen molar-refractivity contribution in [3.05, 3.63) is 35.5 Å². The van der Waals surface area contributed by atoms with Crippen LogP contribution in [0.2, 0.25) is 0 Å². The van der Waals surface area contributed by atoms with Crippen LogP contribution >= 0.6 is 0 Å². The van der Waals surface area contributed by atoms with E-state index in [0.29, 0.717) is 11.1 Å². The number of hydrogen-bond acceptors (Lipinski definition) is 9. The molecule has 3 fully saturated rings. The molecule has 2 aliphatic heterocycles. The second kappa shape index (κ2) is 9.94. The molecule has 9 heteroatoms. The fraction of sp³-hybridized carbons (Fsp3) is 0.630. The van der Waals surface area contributed by atoms with Gasteiger partial charge in [-0.25, -0.2) is 9.59 Å². The molecule has 3 rings (SSSR count). The number of carbonyl (C=O) groups excluding carboxylic acids is 4. The van der Waals surface area contributed by atoms with E-state index in [4.69, 9.17) is 23.7 Å². The Kier molecular flexibility index (Phi) is 7.67. The van der Waals surface area contributed by atoms with Gasteiger partial charge in [-0.05, 0) is 54.0 Å². The molecule has 2 saturated heterocycles. The maximum absolute atomic E-state index is 13.4. The molecule has 198 valence electrons. The third-order valence-corrected chi connectivity index (χ3v) is 7.31. The van der Waals surface area contributed by atoms with Gasteiger partial charge in [-0.1, -0.05) is 18.7 Å². The molecule has 0 N–H and O–H groups in total. The number of ether oxygens (including phenoxy) is 5. The maximum atomic E-state index is 13.4. The highest BCUT2D eigenvalue weighted by Gasteiger charge is 2.72. The van der Waals surface area contributed by atoms with Crippen molar-refractivity contribution < 1.29 is 42.9 Å². The van der Waals surface area contributed by atoms with E-state index in [2.05, 4.69) is 6.58 Å². The normalized spacial score (nSPS) is 33.7. The standard InChI is InChI=1S/C27H36O9/c1-10-13(3)24(30)33-17(12-18-26(7,8)35-18)15(5)19-20(32-16(6)28)22(29)27(9)23(36-27)21(19)34-25(31)14(4)11-2/h10-11,17-21,23H,5,12H2,1-4,6-9H3/b13-10+,14-11+/t17?,18?,19-,20-,21-,23-,27+/m0/s1. The molecule has 1 aliphatic carbocycles. The number of esters is 3. The topological polar surface area (TPSA) is 121 Å². The van der Waals surface area contributed by atoms with Gasteiger partial charge in [0.25, 0.3) is 0 Å². The zero-order chi connectivity index (χ0) is 27.2. The highest BCUT2D eigenvalue weighted by molar-refractivity contribution is 5.97. The van der Waals surface area contributed by atoms with E-state index in [9.17, 15) is 19.2 Å². The number of Topliss-reactive ketones (excluding diaryl/α,β-unsaturated/α-hetero) is 1. The molecule has 36 heavy (non-hydrogen) atoms. The van der Waals surface area contributed by atoms with Crippen molar-refractivity contribution in [2.75, 3.05) is 0 Å². The number of hydrogen-bond donors (Lipinski definition) is 0. The summed E-state index contributed by atoms with van der Waals surface area (Å²) < 4.78 is 28.5. The van der Waals surface area contributed by atoms with Crippen LogP contribution in [0.25, 0.3) is 0 Å². The molecule has 9 nitrogen and oxygen atoms in total. The summed E-state index contributed by atoms with van der Waals surface area (Å²) in [7, 11) is 0. The van der Waals surface area contributed by atoms with Crippen LogP contribution < -0.4 is 0 Å². The van der Waals surface area contributed by atoms with E-state index in [0.717, 1.165) is 0 Å². The Balaban J connectivity index is 2.01. The first-order valence-electron chi connectivity index (χ1n) is 12.1. The zero-order valence-electron chi connectivity index (χ0n) is 22.2. The van der Waals surface area contributed by atoms with Gasteiger partial charge in [-0.2, -0.15) is 0 Å². The van der Waals surface area contributed by atoms with Gasteiger partial charge in [-0.15, -0.1) is 0 Å². The lowest BCUT2D eigenvalue weighted by Crippen LogP contribution is -2.56. The van der Waals surface area contributed by atoms with Gasteiger partial charge in [0, 0.05) is 24.5 Å². The minimum Gasteiger partial charge on any atom is -0.455 e.